The molecule has 0 bridgehead atoms. The fourth-order valence-electron chi connectivity index (χ4n) is 2.76. The van der Waals surface area contributed by atoms with Crippen molar-refractivity contribution in [1.82, 2.24) is 4.31 Å². The standard InChI is InChI=1S/C21H15Cl5N2O3S/c22-14-2-5-16(6-3-14)32(30,31)28(11-13-1-7-17(23)19(25)9-13)12-21(29)27-15-4-8-18(24)20(26)10-15/h1-10H,11-12H2,(H,27,29). The van der Waals surface area contributed by atoms with Crippen molar-refractivity contribution in [2.45, 2.75) is 11.4 Å². The third-order valence-corrected chi connectivity index (χ3v) is 7.85. The van der Waals surface area contributed by atoms with Crippen molar-refractivity contribution in [1.29, 1.82) is 0 Å². The number of nitrogens with zero attached hydrogens (tertiary/aromatic N) is 1. The lowest BCUT2D eigenvalue weighted by Gasteiger charge is -2.22. The van der Waals surface area contributed by atoms with E-state index < -0.39 is 22.5 Å². The summed E-state index contributed by atoms with van der Waals surface area (Å²) in [6, 6.07) is 15.0. The second-order valence-electron chi connectivity index (χ2n) is 6.65. The molecule has 0 fully saturated rings. The minimum Gasteiger partial charge on any atom is -0.325 e. The number of anilines is 1. The lowest BCUT2D eigenvalue weighted by atomic mass is 10.2. The first-order chi connectivity index (χ1) is 15.1. The van der Waals surface area contributed by atoms with Crippen molar-refractivity contribution in [3.8, 4) is 0 Å². The lowest BCUT2D eigenvalue weighted by Crippen LogP contribution is -2.37. The molecule has 3 rings (SSSR count). The van der Waals surface area contributed by atoms with Gasteiger partial charge in [-0.1, -0.05) is 64.1 Å². The molecule has 0 aromatic heterocycles. The van der Waals surface area contributed by atoms with Gasteiger partial charge in [0.05, 0.1) is 31.5 Å². The first-order valence-corrected chi connectivity index (χ1v) is 12.3. The predicted molar refractivity (Wildman–Crippen MR) is 131 cm³/mol. The van der Waals surface area contributed by atoms with E-state index >= 15 is 0 Å². The second-order valence-corrected chi connectivity index (χ2v) is 10.7. The first kappa shape index (κ1) is 25.1. The van der Waals surface area contributed by atoms with Gasteiger partial charge < -0.3 is 5.32 Å². The average molecular weight is 553 g/mol. The zero-order valence-electron chi connectivity index (χ0n) is 16.2. The van der Waals surface area contributed by atoms with Crippen LogP contribution in [0, 0.1) is 0 Å². The van der Waals surface area contributed by atoms with Crippen molar-refractivity contribution < 1.29 is 13.2 Å². The lowest BCUT2D eigenvalue weighted by molar-refractivity contribution is -0.116. The van der Waals surface area contributed by atoms with Crippen LogP contribution in [0.15, 0.2) is 65.6 Å². The molecule has 0 saturated heterocycles. The van der Waals surface area contributed by atoms with Gasteiger partial charge >= 0.3 is 0 Å². The summed E-state index contributed by atoms with van der Waals surface area (Å²) in [5.41, 5.74) is 0.932. The van der Waals surface area contributed by atoms with Crippen molar-refractivity contribution in [2.75, 3.05) is 11.9 Å². The quantitative estimate of drug-likeness (QED) is 0.351. The van der Waals surface area contributed by atoms with Gasteiger partial charge in [0.15, 0.2) is 0 Å². The Labute approximate surface area is 210 Å². The Bertz CT molecular complexity index is 1250. The number of rotatable bonds is 7. The van der Waals surface area contributed by atoms with Crippen LogP contribution in [0.4, 0.5) is 5.69 Å². The van der Waals surface area contributed by atoms with Gasteiger partial charge in [-0.2, -0.15) is 4.31 Å². The van der Waals surface area contributed by atoms with E-state index in [0.717, 1.165) is 4.31 Å². The highest BCUT2D eigenvalue weighted by molar-refractivity contribution is 7.89. The van der Waals surface area contributed by atoms with Crippen molar-refractivity contribution in [3.63, 3.8) is 0 Å². The van der Waals surface area contributed by atoms with E-state index in [4.69, 9.17) is 58.0 Å². The first-order valence-electron chi connectivity index (χ1n) is 9.01. The maximum absolute atomic E-state index is 13.3. The topological polar surface area (TPSA) is 66.5 Å². The third-order valence-electron chi connectivity index (χ3n) is 4.32. The van der Waals surface area contributed by atoms with Gasteiger partial charge in [-0.25, -0.2) is 8.42 Å². The predicted octanol–water partition coefficient (Wildman–Crippen LogP) is 6.78. The fourth-order valence-corrected chi connectivity index (χ4v) is 4.89. The molecule has 11 heteroatoms. The Balaban J connectivity index is 1.89. The smallest absolute Gasteiger partial charge is 0.243 e. The van der Waals surface area contributed by atoms with Gasteiger partial charge in [-0.3, -0.25) is 4.79 Å². The minimum atomic E-state index is -4.05. The number of benzene rings is 3. The van der Waals surface area contributed by atoms with Crippen LogP contribution in [0.1, 0.15) is 5.56 Å². The molecule has 168 valence electrons. The molecule has 32 heavy (non-hydrogen) atoms. The van der Waals surface area contributed by atoms with E-state index in [0.29, 0.717) is 26.3 Å². The van der Waals surface area contributed by atoms with Crippen LogP contribution in [0.5, 0.6) is 0 Å². The van der Waals surface area contributed by atoms with Crippen molar-refractivity contribution in [2.24, 2.45) is 0 Å². The highest BCUT2D eigenvalue weighted by Gasteiger charge is 2.27. The van der Waals surface area contributed by atoms with Gasteiger partial charge in [0.25, 0.3) is 0 Å². The van der Waals surface area contributed by atoms with Crippen LogP contribution in [0.3, 0.4) is 0 Å². The molecule has 5 nitrogen and oxygen atoms in total. The molecular weight excluding hydrogens is 538 g/mol. The molecule has 0 heterocycles. The van der Waals surface area contributed by atoms with Gasteiger partial charge in [-0.15, -0.1) is 0 Å². The molecule has 0 aliphatic heterocycles. The van der Waals surface area contributed by atoms with Crippen LogP contribution in [-0.2, 0) is 21.4 Å². The Morgan fingerprint density at radius 2 is 1.38 bits per heavy atom. The maximum atomic E-state index is 13.3. The van der Waals surface area contributed by atoms with E-state index in [1.807, 2.05) is 0 Å². The molecule has 0 radical (unpaired) electrons. The summed E-state index contributed by atoms with van der Waals surface area (Å²) in [5.74, 6) is -0.569. The van der Waals surface area contributed by atoms with Crippen LogP contribution < -0.4 is 5.32 Å². The zero-order chi connectivity index (χ0) is 23.5. The zero-order valence-corrected chi connectivity index (χ0v) is 20.8. The van der Waals surface area contributed by atoms with E-state index in [1.54, 1.807) is 24.3 Å². The largest absolute Gasteiger partial charge is 0.325 e. The van der Waals surface area contributed by atoms with Gasteiger partial charge in [0.2, 0.25) is 15.9 Å². The summed E-state index contributed by atoms with van der Waals surface area (Å²) in [6.45, 7) is -0.581. The molecule has 0 aliphatic rings. The highest BCUT2D eigenvalue weighted by Crippen LogP contribution is 2.27. The molecule has 0 unspecified atom stereocenters. The number of amides is 1. The summed E-state index contributed by atoms with van der Waals surface area (Å²) >= 11 is 29.8. The molecule has 3 aromatic rings. The normalized spacial score (nSPS) is 11.6. The minimum absolute atomic E-state index is 0.00991. The molecule has 1 amide bonds. The molecule has 0 atom stereocenters. The van der Waals surface area contributed by atoms with E-state index in [9.17, 15) is 13.2 Å². The van der Waals surface area contributed by atoms with Crippen LogP contribution in [0.25, 0.3) is 0 Å². The summed E-state index contributed by atoms with van der Waals surface area (Å²) in [5, 5.41) is 4.20. The maximum Gasteiger partial charge on any atom is 0.243 e. The summed E-state index contributed by atoms with van der Waals surface area (Å²) in [7, 11) is -4.05. The molecule has 0 saturated carbocycles. The molecule has 0 aliphatic carbocycles. The number of carbonyl (C=O) groups excluding carboxylic acids is 1. The Hall–Kier alpha value is -1.51. The van der Waals surface area contributed by atoms with E-state index in [1.165, 1.54) is 36.4 Å². The average Bonchev–Trinajstić information content (AvgIpc) is 2.73. The number of hydrogen-bond acceptors (Lipinski definition) is 3. The monoisotopic (exact) mass is 550 g/mol. The van der Waals surface area contributed by atoms with Crippen molar-refractivity contribution in [3.05, 3.63) is 91.3 Å². The molecular formula is C21H15Cl5N2O3S. The molecule has 3 aromatic carbocycles. The number of halogens is 5. The van der Waals surface area contributed by atoms with Crippen molar-refractivity contribution >= 4 is 79.6 Å². The SMILES string of the molecule is O=C(CN(Cc1ccc(Cl)c(Cl)c1)S(=O)(=O)c1ccc(Cl)cc1)Nc1ccc(Cl)c(Cl)c1. The number of carbonyl (C=O) groups is 1. The van der Waals surface area contributed by atoms with Crippen LogP contribution in [-0.4, -0.2) is 25.2 Å². The highest BCUT2D eigenvalue weighted by atomic mass is 35.5. The second kappa shape index (κ2) is 10.6. The fraction of sp³-hybridized carbons (Fsp3) is 0.0952. The number of sulfonamides is 1. The van der Waals surface area contributed by atoms with Crippen LogP contribution >= 0.6 is 58.0 Å². The Morgan fingerprint density at radius 1 is 0.781 bits per heavy atom. The number of nitrogens with one attached hydrogen (secondary N) is 1. The van der Waals surface area contributed by atoms with E-state index in [2.05, 4.69) is 5.32 Å². The molecule has 0 spiro atoms. The van der Waals surface area contributed by atoms with E-state index in [-0.39, 0.29) is 21.5 Å². The summed E-state index contributed by atoms with van der Waals surface area (Å²) < 4.78 is 27.6. The van der Waals surface area contributed by atoms with Gasteiger partial charge in [-0.05, 0) is 60.2 Å². The van der Waals surface area contributed by atoms with Gasteiger partial charge in [0, 0.05) is 17.3 Å². The van der Waals surface area contributed by atoms with Crippen LogP contribution in [0.2, 0.25) is 25.1 Å². The van der Waals surface area contributed by atoms with Gasteiger partial charge in [0.1, 0.15) is 0 Å². The number of hydrogen-bond donors (Lipinski definition) is 1. The summed E-state index contributed by atoms with van der Waals surface area (Å²) in [4.78, 5) is 12.7. The third kappa shape index (κ3) is 6.29. The Kier molecular flexibility index (Phi) is 8.33. The molecule has 1 N–H and O–H groups in total. The summed E-state index contributed by atoms with van der Waals surface area (Å²) in [6.07, 6.45) is 0. The Morgan fingerprint density at radius 3 is 1.97 bits per heavy atom.